The maximum absolute atomic E-state index is 12.0. The van der Waals surface area contributed by atoms with E-state index in [1.54, 1.807) is 37.2 Å². The number of aromatic nitrogens is 8. The summed E-state index contributed by atoms with van der Waals surface area (Å²) in [6.45, 7) is 1.97. The van der Waals surface area contributed by atoms with E-state index in [0.29, 0.717) is 34.9 Å². The fourth-order valence-corrected chi connectivity index (χ4v) is 4.15. The van der Waals surface area contributed by atoms with Crippen molar-refractivity contribution in [1.29, 1.82) is 0 Å². The van der Waals surface area contributed by atoms with Crippen molar-refractivity contribution < 1.29 is 4.79 Å². The molecule has 1 amide bonds. The molecule has 6 aromatic rings. The van der Waals surface area contributed by atoms with Crippen molar-refractivity contribution in [1.82, 2.24) is 40.1 Å². The number of carbonyl (C=O) groups excluding carboxylic acids is 1. The lowest BCUT2D eigenvalue weighted by Crippen LogP contribution is -2.10. The first-order valence-electron chi connectivity index (χ1n) is 11.5. The molecular formula is C26H21N9O. The summed E-state index contributed by atoms with van der Waals surface area (Å²) in [6, 6.07) is 9.69. The number of nitrogens with zero attached hydrogens (tertiary/aromatic N) is 6. The van der Waals surface area contributed by atoms with Gasteiger partial charge < -0.3 is 10.3 Å². The van der Waals surface area contributed by atoms with E-state index < -0.39 is 0 Å². The molecule has 0 radical (unpaired) electrons. The third kappa shape index (κ3) is 3.94. The van der Waals surface area contributed by atoms with E-state index in [2.05, 4.69) is 40.4 Å². The molecule has 6 aromatic heterocycles. The van der Waals surface area contributed by atoms with Gasteiger partial charge in [-0.3, -0.25) is 19.9 Å². The first-order valence-corrected chi connectivity index (χ1v) is 11.5. The molecule has 0 aliphatic heterocycles. The van der Waals surface area contributed by atoms with Crippen molar-refractivity contribution >= 4 is 33.8 Å². The molecule has 0 saturated heterocycles. The first-order chi connectivity index (χ1) is 17.7. The topological polar surface area (TPSA) is 138 Å². The van der Waals surface area contributed by atoms with E-state index >= 15 is 0 Å². The number of fused-ring (bicyclic) bond motifs is 2. The molecule has 0 aliphatic rings. The maximum Gasteiger partial charge on any atom is 0.224 e. The van der Waals surface area contributed by atoms with Crippen molar-refractivity contribution in [2.75, 3.05) is 5.32 Å². The van der Waals surface area contributed by atoms with Gasteiger partial charge in [-0.1, -0.05) is 6.92 Å². The average Bonchev–Trinajstić information content (AvgIpc) is 3.53. The van der Waals surface area contributed by atoms with Crippen LogP contribution < -0.4 is 5.32 Å². The van der Waals surface area contributed by atoms with E-state index in [-0.39, 0.29) is 5.91 Å². The summed E-state index contributed by atoms with van der Waals surface area (Å²) >= 11 is 0. The molecule has 0 fully saturated rings. The number of hydrogen-bond acceptors (Lipinski definition) is 7. The Kier molecular flexibility index (Phi) is 5.38. The maximum atomic E-state index is 12.0. The van der Waals surface area contributed by atoms with Crippen LogP contribution in [-0.2, 0) is 4.79 Å². The van der Waals surface area contributed by atoms with Crippen LogP contribution in [0.25, 0.3) is 56.0 Å². The zero-order valence-electron chi connectivity index (χ0n) is 19.4. The van der Waals surface area contributed by atoms with Crippen LogP contribution in [0.1, 0.15) is 19.8 Å². The summed E-state index contributed by atoms with van der Waals surface area (Å²) in [6.07, 6.45) is 11.6. The summed E-state index contributed by atoms with van der Waals surface area (Å²) in [5.74, 6) is 0.551. The fourth-order valence-electron chi connectivity index (χ4n) is 4.15. The first kappa shape index (κ1) is 21.5. The number of nitrogens with one attached hydrogen (secondary N) is 3. The molecular weight excluding hydrogens is 454 g/mol. The molecule has 3 N–H and O–H groups in total. The summed E-state index contributed by atoms with van der Waals surface area (Å²) < 4.78 is 0. The Balaban J connectivity index is 1.40. The van der Waals surface area contributed by atoms with Crippen molar-refractivity contribution in [2.45, 2.75) is 19.8 Å². The number of aromatic amines is 2. The quantitative estimate of drug-likeness (QED) is 0.316. The summed E-state index contributed by atoms with van der Waals surface area (Å²) in [4.78, 5) is 37.5. The van der Waals surface area contributed by atoms with Gasteiger partial charge >= 0.3 is 0 Å². The van der Waals surface area contributed by atoms with Crippen LogP contribution in [0.2, 0.25) is 0 Å². The zero-order valence-corrected chi connectivity index (χ0v) is 19.4. The monoisotopic (exact) mass is 475 g/mol. The van der Waals surface area contributed by atoms with E-state index in [4.69, 9.17) is 4.98 Å². The number of H-pyrrole nitrogens is 2. The third-order valence-corrected chi connectivity index (χ3v) is 5.85. The van der Waals surface area contributed by atoms with Gasteiger partial charge in [-0.2, -0.15) is 5.10 Å². The Morgan fingerprint density at radius 2 is 1.78 bits per heavy atom. The Morgan fingerprint density at radius 1 is 0.917 bits per heavy atom. The number of amides is 1. The summed E-state index contributed by atoms with van der Waals surface area (Å²) in [5.41, 5.74) is 6.97. The number of imidazole rings is 1. The van der Waals surface area contributed by atoms with Crippen LogP contribution in [-0.4, -0.2) is 46.0 Å². The van der Waals surface area contributed by atoms with E-state index in [9.17, 15) is 4.79 Å². The van der Waals surface area contributed by atoms with Gasteiger partial charge in [0.1, 0.15) is 11.2 Å². The Morgan fingerprint density at radius 3 is 2.64 bits per heavy atom. The van der Waals surface area contributed by atoms with E-state index in [0.717, 1.165) is 39.6 Å². The predicted molar refractivity (Wildman–Crippen MR) is 137 cm³/mol. The van der Waals surface area contributed by atoms with Crippen LogP contribution in [0, 0.1) is 0 Å². The molecule has 0 aliphatic carbocycles. The molecule has 6 rings (SSSR count). The van der Waals surface area contributed by atoms with Crippen molar-refractivity contribution in [2.24, 2.45) is 0 Å². The van der Waals surface area contributed by atoms with Crippen LogP contribution in [0.15, 0.2) is 67.5 Å². The molecule has 0 aromatic carbocycles. The second-order valence-electron chi connectivity index (χ2n) is 8.33. The highest BCUT2D eigenvalue weighted by Crippen LogP contribution is 2.32. The summed E-state index contributed by atoms with van der Waals surface area (Å²) in [5, 5.41) is 11.2. The Hall–Kier alpha value is -4.99. The number of carbonyl (C=O) groups is 1. The van der Waals surface area contributed by atoms with Gasteiger partial charge in [0, 0.05) is 54.1 Å². The zero-order chi connectivity index (χ0) is 24.5. The highest BCUT2D eigenvalue weighted by Gasteiger charge is 2.17. The van der Waals surface area contributed by atoms with E-state index in [1.165, 1.54) is 0 Å². The van der Waals surface area contributed by atoms with Crippen LogP contribution >= 0.6 is 0 Å². The molecule has 10 nitrogen and oxygen atoms in total. The minimum absolute atomic E-state index is 0.0354. The molecule has 176 valence electrons. The fraction of sp³-hybridized carbons (Fsp3) is 0.115. The van der Waals surface area contributed by atoms with Gasteiger partial charge in [-0.15, -0.1) is 0 Å². The highest BCUT2D eigenvalue weighted by atomic mass is 16.1. The lowest BCUT2D eigenvalue weighted by Gasteiger charge is -2.07. The van der Waals surface area contributed by atoms with Crippen LogP contribution in [0.3, 0.4) is 0 Å². The molecule has 0 unspecified atom stereocenters. The number of rotatable bonds is 6. The molecule has 0 spiro atoms. The SMILES string of the molecule is CCCC(=O)Nc1cncc(-c2cnc3[nH]nc(-c4nc5c(-c6ccncc6)ccnc5[nH]4)c3c2)c1. The second kappa shape index (κ2) is 8.99. The molecule has 6 heterocycles. The smallest absolute Gasteiger partial charge is 0.224 e. The standard InChI is InChI=1S/C26H21N9O/c1-2-3-21(36)31-18-10-16(12-28-14-18)17-11-20-23(34-35-24(20)30-13-17)26-32-22-19(6-9-29-25(22)33-26)15-4-7-27-8-5-15/h4-14H,2-3H2,1H3,(H,31,36)(H,29,32,33)(H,30,34,35). The van der Waals surface area contributed by atoms with Crippen LogP contribution in [0.5, 0.6) is 0 Å². The lowest BCUT2D eigenvalue weighted by atomic mass is 10.1. The number of anilines is 1. The van der Waals surface area contributed by atoms with Gasteiger partial charge in [-0.25, -0.2) is 15.0 Å². The number of hydrogen-bond donors (Lipinski definition) is 3. The molecule has 0 bridgehead atoms. The van der Waals surface area contributed by atoms with Gasteiger partial charge in [0.15, 0.2) is 17.1 Å². The van der Waals surface area contributed by atoms with Gasteiger partial charge in [-0.05, 0) is 42.3 Å². The molecule has 0 atom stereocenters. The number of pyridine rings is 4. The largest absolute Gasteiger partial charge is 0.325 e. The average molecular weight is 476 g/mol. The molecule has 10 heteroatoms. The van der Waals surface area contributed by atoms with Crippen molar-refractivity contribution in [3.63, 3.8) is 0 Å². The van der Waals surface area contributed by atoms with Gasteiger partial charge in [0.2, 0.25) is 5.91 Å². The van der Waals surface area contributed by atoms with Gasteiger partial charge in [0.05, 0.1) is 17.3 Å². The summed E-state index contributed by atoms with van der Waals surface area (Å²) in [7, 11) is 0. The lowest BCUT2D eigenvalue weighted by molar-refractivity contribution is -0.116. The van der Waals surface area contributed by atoms with Crippen molar-refractivity contribution in [3.8, 4) is 33.8 Å². The minimum atomic E-state index is -0.0354. The Labute approximate surface area is 205 Å². The van der Waals surface area contributed by atoms with Crippen molar-refractivity contribution in [3.05, 3.63) is 67.5 Å². The Bertz CT molecular complexity index is 1710. The van der Waals surface area contributed by atoms with Crippen LogP contribution in [0.4, 0.5) is 5.69 Å². The van der Waals surface area contributed by atoms with Gasteiger partial charge in [0.25, 0.3) is 0 Å². The molecule has 36 heavy (non-hydrogen) atoms. The normalized spacial score (nSPS) is 11.2. The molecule has 0 saturated carbocycles. The predicted octanol–water partition coefficient (Wildman–Crippen LogP) is 4.76. The minimum Gasteiger partial charge on any atom is -0.325 e. The van der Waals surface area contributed by atoms with E-state index in [1.807, 2.05) is 37.3 Å². The highest BCUT2D eigenvalue weighted by molar-refractivity contribution is 5.96. The third-order valence-electron chi connectivity index (χ3n) is 5.85. The second-order valence-corrected chi connectivity index (χ2v) is 8.33.